The van der Waals surface area contributed by atoms with E-state index in [0.29, 0.717) is 5.69 Å². The number of sulfonamides is 1. The van der Waals surface area contributed by atoms with Gasteiger partial charge in [-0.2, -0.15) is 0 Å². The molecule has 0 spiro atoms. The Balaban J connectivity index is 2.34. The van der Waals surface area contributed by atoms with Crippen LogP contribution in [0.2, 0.25) is 0 Å². The van der Waals surface area contributed by atoms with Gasteiger partial charge in [-0.1, -0.05) is 12.1 Å². The molecule has 1 aromatic heterocycles. The first-order valence-corrected chi connectivity index (χ1v) is 7.97. The van der Waals surface area contributed by atoms with Crippen LogP contribution in [-0.4, -0.2) is 24.6 Å². The molecular weight excluding hydrogens is 284 g/mol. The van der Waals surface area contributed by atoms with Gasteiger partial charge in [0.1, 0.15) is 4.90 Å². The Labute approximate surface area is 115 Å². The molecule has 6 nitrogen and oxygen atoms in total. The summed E-state index contributed by atoms with van der Waals surface area (Å²) in [7, 11) is -3.71. The molecule has 8 heteroatoms. The first-order valence-electron chi connectivity index (χ1n) is 5.26. The van der Waals surface area contributed by atoms with Crippen LogP contribution in [-0.2, 0) is 10.0 Å². The Bertz CT molecular complexity index is 671. The number of nitrogens with zero attached hydrogens (tertiary/aromatic N) is 2. The van der Waals surface area contributed by atoms with Gasteiger partial charge < -0.3 is 5.73 Å². The monoisotopic (exact) mass is 296 g/mol. The van der Waals surface area contributed by atoms with Gasteiger partial charge in [-0.3, -0.25) is 4.72 Å². The van der Waals surface area contributed by atoms with E-state index in [1.54, 1.807) is 12.1 Å². The molecule has 0 unspecified atom stereocenters. The lowest BCUT2D eigenvalue weighted by Crippen LogP contribution is -2.14. The van der Waals surface area contributed by atoms with Crippen LogP contribution in [0.3, 0.4) is 0 Å². The summed E-state index contributed by atoms with van der Waals surface area (Å²) in [5, 5.41) is 0. The van der Waals surface area contributed by atoms with Crippen molar-refractivity contribution in [1.82, 2.24) is 9.97 Å². The van der Waals surface area contributed by atoms with E-state index < -0.39 is 10.0 Å². The largest absolute Gasteiger partial charge is 0.368 e. The smallest absolute Gasteiger partial charge is 0.265 e. The van der Waals surface area contributed by atoms with E-state index >= 15 is 0 Å². The van der Waals surface area contributed by atoms with Crippen LogP contribution in [0.15, 0.2) is 46.5 Å². The molecule has 100 valence electrons. The molecule has 2 rings (SSSR count). The van der Waals surface area contributed by atoms with Crippen LogP contribution in [0.25, 0.3) is 0 Å². The lowest BCUT2D eigenvalue weighted by atomic mass is 10.3. The minimum absolute atomic E-state index is 0.0300. The second-order valence-corrected chi connectivity index (χ2v) is 6.11. The second-order valence-electron chi connectivity index (χ2n) is 3.58. The summed E-state index contributed by atoms with van der Waals surface area (Å²) in [5.41, 5.74) is 5.85. The summed E-state index contributed by atoms with van der Waals surface area (Å²) in [6, 6.07) is 7.14. The number of thioether (sulfide) groups is 1. The molecule has 1 aromatic carbocycles. The molecule has 3 N–H and O–H groups in total. The molecule has 0 aliphatic heterocycles. The molecule has 0 aliphatic carbocycles. The predicted octanol–water partition coefficient (Wildman–Crippen LogP) is 1.58. The van der Waals surface area contributed by atoms with Crippen LogP contribution < -0.4 is 10.5 Å². The Morgan fingerprint density at radius 2 is 1.84 bits per heavy atom. The van der Waals surface area contributed by atoms with E-state index in [2.05, 4.69) is 14.7 Å². The minimum atomic E-state index is -3.71. The average Bonchev–Trinajstić information content (AvgIpc) is 2.39. The van der Waals surface area contributed by atoms with E-state index in [-0.39, 0.29) is 10.8 Å². The molecule has 19 heavy (non-hydrogen) atoms. The molecular formula is C11H12N4O2S2. The number of para-hydroxylation sites is 1. The summed E-state index contributed by atoms with van der Waals surface area (Å²) in [5.74, 6) is 0.0310. The van der Waals surface area contributed by atoms with Gasteiger partial charge >= 0.3 is 0 Å². The Morgan fingerprint density at radius 1 is 1.21 bits per heavy atom. The highest BCUT2D eigenvalue weighted by atomic mass is 32.2. The van der Waals surface area contributed by atoms with Gasteiger partial charge in [0.25, 0.3) is 10.0 Å². The third-order valence-electron chi connectivity index (χ3n) is 2.31. The Morgan fingerprint density at radius 3 is 2.47 bits per heavy atom. The van der Waals surface area contributed by atoms with Gasteiger partial charge in [0.15, 0.2) is 0 Å². The SMILES string of the molecule is CSc1ccccc1NS(=O)(=O)c1cnc(N)nc1. The quantitative estimate of drug-likeness (QED) is 0.831. The van der Waals surface area contributed by atoms with Crippen molar-refractivity contribution in [2.45, 2.75) is 9.79 Å². The van der Waals surface area contributed by atoms with Crippen molar-refractivity contribution in [3.05, 3.63) is 36.7 Å². The van der Waals surface area contributed by atoms with Crippen molar-refractivity contribution in [3.8, 4) is 0 Å². The van der Waals surface area contributed by atoms with E-state index in [1.807, 2.05) is 18.4 Å². The molecule has 0 saturated heterocycles. The van der Waals surface area contributed by atoms with Crippen molar-refractivity contribution in [1.29, 1.82) is 0 Å². The van der Waals surface area contributed by atoms with Gasteiger partial charge in [0.2, 0.25) is 5.95 Å². The van der Waals surface area contributed by atoms with E-state index in [0.717, 1.165) is 4.90 Å². The van der Waals surface area contributed by atoms with Crippen LogP contribution in [0.5, 0.6) is 0 Å². The summed E-state index contributed by atoms with van der Waals surface area (Å²) in [6.45, 7) is 0. The molecule has 2 aromatic rings. The fourth-order valence-electron chi connectivity index (χ4n) is 1.40. The topological polar surface area (TPSA) is 98.0 Å². The van der Waals surface area contributed by atoms with Crippen LogP contribution in [0.4, 0.5) is 11.6 Å². The van der Waals surface area contributed by atoms with Gasteiger partial charge in [0, 0.05) is 4.90 Å². The molecule has 0 aliphatic rings. The van der Waals surface area contributed by atoms with Crippen molar-refractivity contribution < 1.29 is 8.42 Å². The van der Waals surface area contributed by atoms with E-state index in [4.69, 9.17) is 5.73 Å². The molecule has 1 heterocycles. The van der Waals surface area contributed by atoms with E-state index in [1.165, 1.54) is 24.2 Å². The summed E-state index contributed by atoms with van der Waals surface area (Å²) < 4.78 is 26.8. The molecule has 0 fully saturated rings. The Kier molecular flexibility index (Phi) is 3.91. The lowest BCUT2D eigenvalue weighted by molar-refractivity contribution is 0.600. The van der Waals surface area contributed by atoms with Crippen molar-refractivity contribution in [3.63, 3.8) is 0 Å². The van der Waals surface area contributed by atoms with Crippen LogP contribution in [0, 0.1) is 0 Å². The third kappa shape index (κ3) is 3.15. The zero-order chi connectivity index (χ0) is 13.9. The van der Waals surface area contributed by atoms with Gasteiger partial charge in [-0.05, 0) is 18.4 Å². The van der Waals surface area contributed by atoms with Crippen LogP contribution in [0.1, 0.15) is 0 Å². The molecule has 0 bridgehead atoms. The molecule has 0 saturated carbocycles. The normalized spacial score (nSPS) is 11.2. The number of aromatic nitrogens is 2. The maximum atomic E-state index is 12.1. The fourth-order valence-corrected chi connectivity index (χ4v) is 2.98. The van der Waals surface area contributed by atoms with Crippen molar-refractivity contribution >= 4 is 33.4 Å². The molecule has 0 radical (unpaired) electrons. The minimum Gasteiger partial charge on any atom is -0.368 e. The summed E-state index contributed by atoms with van der Waals surface area (Å²) in [6.07, 6.45) is 4.22. The maximum absolute atomic E-state index is 12.1. The zero-order valence-electron chi connectivity index (χ0n) is 10.1. The van der Waals surface area contributed by atoms with E-state index in [9.17, 15) is 8.42 Å². The number of benzene rings is 1. The fraction of sp³-hybridized carbons (Fsp3) is 0.0909. The maximum Gasteiger partial charge on any atom is 0.265 e. The average molecular weight is 296 g/mol. The molecule has 0 atom stereocenters. The first-order chi connectivity index (χ1) is 9.03. The first kappa shape index (κ1) is 13.6. The number of rotatable bonds is 4. The number of nitrogens with one attached hydrogen (secondary N) is 1. The highest BCUT2D eigenvalue weighted by Gasteiger charge is 2.16. The zero-order valence-corrected chi connectivity index (χ0v) is 11.7. The third-order valence-corrected chi connectivity index (χ3v) is 4.43. The summed E-state index contributed by atoms with van der Waals surface area (Å²) in [4.78, 5) is 8.15. The number of nitrogens with two attached hydrogens (primary N) is 1. The lowest BCUT2D eigenvalue weighted by Gasteiger charge is -2.10. The predicted molar refractivity (Wildman–Crippen MR) is 75.5 cm³/mol. The van der Waals surface area contributed by atoms with Gasteiger partial charge in [-0.25, -0.2) is 18.4 Å². The van der Waals surface area contributed by atoms with Crippen molar-refractivity contribution in [2.24, 2.45) is 0 Å². The highest BCUT2D eigenvalue weighted by Crippen LogP contribution is 2.26. The number of hydrogen-bond donors (Lipinski definition) is 2. The number of hydrogen-bond acceptors (Lipinski definition) is 6. The Hall–Kier alpha value is -1.80. The molecule has 0 amide bonds. The second kappa shape index (κ2) is 5.45. The summed E-state index contributed by atoms with van der Waals surface area (Å²) >= 11 is 1.46. The standard InChI is InChI=1S/C11H12N4O2S2/c1-18-10-5-3-2-4-9(10)15-19(16,17)8-6-13-11(12)14-7-8/h2-7,15H,1H3,(H2,12,13,14). The van der Waals surface area contributed by atoms with Crippen molar-refractivity contribution in [2.75, 3.05) is 16.7 Å². The number of anilines is 2. The van der Waals surface area contributed by atoms with Gasteiger partial charge in [-0.15, -0.1) is 11.8 Å². The highest BCUT2D eigenvalue weighted by molar-refractivity contribution is 7.99. The van der Waals surface area contributed by atoms with Gasteiger partial charge in [0.05, 0.1) is 18.1 Å². The number of nitrogen functional groups attached to an aromatic ring is 1. The van der Waals surface area contributed by atoms with Crippen LogP contribution >= 0.6 is 11.8 Å².